The van der Waals surface area contributed by atoms with Crippen LogP contribution in [0.15, 0.2) is 66.7 Å². The number of nitrogens with one attached hydrogen (secondary N) is 1. The highest BCUT2D eigenvalue weighted by Crippen LogP contribution is 2.26. The topological polar surface area (TPSA) is 149 Å². The van der Waals surface area contributed by atoms with Crippen molar-refractivity contribution in [1.82, 2.24) is 25.2 Å². The van der Waals surface area contributed by atoms with Crippen molar-refractivity contribution < 1.29 is 38.2 Å². The largest absolute Gasteiger partial charge is 0.533 e. The normalized spacial score (nSPS) is 16.0. The van der Waals surface area contributed by atoms with Crippen LogP contribution >= 0.6 is 0 Å². The number of para-hydroxylation sites is 1. The molecule has 2 amide bonds. The van der Waals surface area contributed by atoms with Gasteiger partial charge in [0.25, 0.3) is 5.91 Å². The highest BCUT2D eigenvalue weighted by Gasteiger charge is 2.32. The van der Waals surface area contributed by atoms with Gasteiger partial charge < -0.3 is 29.3 Å². The van der Waals surface area contributed by atoms with Gasteiger partial charge in [0.1, 0.15) is 29.2 Å². The Kier molecular flexibility index (Phi) is 11.8. The number of ether oxygens (including phenoxy) is 3. The maximum atomic E-state index is 13.9. The number of rotatable bonds is 11. The number of hydroxylamine groups is 2. The molecule has 13 heteroatoms. The Bertz CT molecular complexity index is 1580. The van der Waals surface area contributed by atoms with Gasteiger partial charge in [0.15, 0.2) is 5.82 Å². The maximum absolute atomic E-state index is 13.9. The summed E-state index contributed by atoms with van der Waals surface area (Å²) in [5.41, 5.74) is 0.0355. The third-order valence-corrected chi connectivity index (χ3v) is 7.92. The number of aromatic nitrogens is 2. The molecule has 13 nitrogen and oxygen atoms in total. The molecule has 1 aliphatic heterocycles. The highest BCUT2D eigenvalue weighted by atomic mass is 16.8. The van der Waals surface area contributed by atoms with E-state index in [1.54, 1.807) is 56.0 Å². The van der Waals surface area contributed by atoms with Gasteiger partial charge in [-0.1, -0.05) is 48.5 Å². The number of carbonyl (C=O) groups is 4. The van der Waals surface area contributed by atoms with Crippen molar-refractivity contribution in [1.29, 1.82) is 0 Å². The van der Waals surface area contributed by atoms with Crippen molar-refractivity contribution in [2.45, 2.75) is 77.0 Å². The first-order valence-electron chi connectivity index (χ1n) is 16.6. The Labute approximate surface area is 285 Å². The van der Waals surface area contributed by atoms with Crippen LogP contribution in [0.4, 0.5) is 4.79 Å². The fourth-order valence-electron chi connectivity index (χ4n) is 5.57. The van der Waals surface area contributed by atoms with Crippen molar-refractivity contribution in [3.8, 4) is 23.0 Å². The van der Waals surface area contributed by atoms with Crippen molar-refractivity contribution in [3.05, 3.63) is 72.4 Å². The number of hydrogen-bond donors (Lipinski definition) is 1. The second-order valence-electron chi connectivity index (χ2n) is 13.0. The zero-order chi connectivity index (χ0) is 34.8. The van der Waals surface area contributed by atoms with Crippen molar-refractivity contribution in [3.63, 3.8) is 0 Å². The van der Waals surface area contributed by atoms with Gasteiger partial charge in [-0.3, -0.25) is 14.4 Å². The quantitative estimate of drug-likeness (QED) is 0.217. The number of hydrogen-bond acceptors (Lipinski definition) is 11. The van der Waals surface area contributed by atoms with E-state index in [0.29, 0.717) is 17.1 Å². The van der Waals surface area contributed by atoms with E-state index in [4.69, 9.17) is 19.0 Å². The van der Waals surface area contributed by atoms with E-state index in [0.717, 1.165) is 25.7 Å². The molecule has 1 aromatic heterocycles. The molecule has 2 aliphatic rings. The second kappa shape index (κ2) is 16.4. The Morgan fingerprint density at radius 1 is 0.898 bits per heavy atom. The molecule has 0 radical (unpaired) electrons. The zero-order valence-electron chi connectivity index (χ0n) is 28.1. The van der Waals surface area contributed by atoms with E-state index >= 15 is 0 Å². The fraction of sp³-hybridized carbons (Fsp3) is 0.444. The minimum Gasteiger partial charge on any atom is -0.474 e. The van der Waals surface area contributed by atoms with E-state index in [2.05, 4.69) is 15.3 Å². The van der Waals surface area contributed by atoms with E-state index in [9.17, 15) is 19.2 Å². The lowest BCUT2D eigenvalue weighted by molar-refractivity contribution is -0.155. The molecule has 2 aromatic carbocycles. The lowest BCUT2D eigenvalue weighted by Gasteiger charge is -2.35. The van der Waals surface area contributed by atoms with Gasteiger partial charge >= 0.3 is 12.1 Å². The van der Waals surface area contributed by atoms with Gasteiger partial charge in [-0.15, -0.1) is 5.06 Å². The summed E-state index contributed by atoms with van der Waals surface area (Å²) in [6.07, 6.45) is 2.95. The van der Waals surface area contributed by atoms with Gasteiger partial charge in [-0.2, -0.15) is 4.98 Å². The predicted octanol–water partition coefficient (Wildman–Crippen LogP) is 4.96. The zero-order valence-corrected chi connectivity index (χ0v) is 28.1. The van der Waals surface area contributed by atoms with E-state index < -0.39 is 29.7 Å². The van der Waals surface area contributed by atoms with Crippen LogP contribution < -0.4 is 14.8 Å². The number of carbonyl (C=O) groups excluding carboxylic acids is 4. The van der Waals surface area contributed by atoms with Crippen molar-refractivity contribution in [2.75, 3.05) is 26.2 Å². The summed E-state index contributed by atoms with van der Waals surface area (Å²) in [6, 6.07) is 18.2. The first-order valence-corrected chi connectivity index (χ1v) is 16.6. The first-order chi connectivity index (χ1) is 23.5. The van der Waals surface area contributed by atoms with Crippen molar-refractivity contribution >= 4 is 23.9 Å². The Morgan fingerprint density at radius 2 is 1.55 bits per heavy atom. The molecule has 1 saturated carbocycles. The van der Waals surface area contributed by atoms with Crippen LogP contribution in [0.3, 0.4) is 0 Å². The van der Waals surface area contributed by atoms with Crippen LogP contribution in [-0.2, 0) is 19.2 Å². The van der Waals surface area contributed by atoms with Gasteiger partial charge in [0.2, 0.25) is 11.8 Å². The van der Waals surface area contributed by atoms with Gasteiger partial charge in [0, 0.05) is 31.1 Å². The van der Waals surface area contributed by atoms with Crippen LogP contribution in [0.5, 0.6) is 11.6 Å². The maximum Gasteiger partial charge on any atom is 0.533 e. The summed E-state index contributed by atoms with van der Waals surface area (Å²) in [6.45, 7) is 6.14. The molecular weight excluding hydrogens is 630 g/mol. The van der Waals surface area contributed by atoms with Gasteiger partial charge in [-0.05, 0) is 65.0 Å². The highest BCUT2D eigenvalue weighted by molar-refractivity contribution is 5.96. The second-order valence-corrected chi connectivity index (χ2v) is 13.0. The van der Waals surface area contributed by atoms with E-state index in [1.807, 2.05) is 30.3 Å². The molecule has 1 saturated heterocycles. The fourth-order valence-corrected chi connectivity index (χ4v) is 5.57. The Balaban J connectivity index is 1.28. The number of benzene rings is 2. The standard InChI is InChI=1S/C36H43N5O8/c1-36(2,3)48-31(42)19-18-28(34(44)40-20-22-41(23-21-40)49-35(45)47-27-14-8-5-9-15-27)38-33(43)29-24-30(46-26-16-10-11-17-26)39-32(37-29)25-12-6-4-7-13-25/h4-9,12-15,24,26,28H,10-11,16-23H2,1-3H3,(H,38,43)/t28-/m0/s1. The molecule has 0 spiro atoms. The lowest BCUT2D eigenvalue weighted by Crippen LogP contribution is -2.55. The number of esters is 1. The van der Waals surface area contributed by atoms with Crippen LogP contribution in [0.25, 0.3) is 11.4 Å². The predicted molar refractivity (Wildman–Crippen MR) is 178 cm³/mol. The van der Waals surface area contributed by atoms with Crippen LogP contribution in [0.1, 0.15) is 69.8 Å². The van der Waals surface area contributed by atoms with Crippen LogP contribution in [0.2, 0.25) is 0 Å². The van der Waals surface area contributed by atoms with Crippen LogP contribution in [0, 0.1) is 0 Å². The average Bonchev–Trinajstić information content (AvgIpc) is 3.59. The smallest absolute Gasteiger partial charge is 0.474 e. The first kappa shape index (κ1) is 35.3. The lowest BCUT2D eigenvalue weighted by atomic mass is 10.1. The molecule has 1 atom stereocenters. The third kappa shape index (κ3) is 10.7. The van der Waals surface area contributed by atoms with Crippen LogP contribution in [-0.4, -0.2) is 87.8 Å². The van der Waals surface area contributed by atoms with Gasteiger partial charge in [0.05, 0.1) is 13.1 Å². The molecule has 260 valence electrons. The summed E-state index contributed by atoms with van der Waals surface area (Å²) in [4.78, 5) is 68.6. The van der Waals surface area contributed by atoms with E-state index in [-0.39, 0.29) is 62.6 Å². The molecular formula is C36H43N5O8. The average molecular weight is 674 g/mol. The molecule has 0 unspecified atom stereocenters. The molecule has 3 aromatic rings. The molecule has 49 heavy (non-hydrogen) atoms. The molecule has 1 N–H and O–H groups in total. The molecule has 2 fully saturated rings. The summed E-state index contributed by atoms with van der Waals surface area (Å²) < 4.78 is 16.8. The Hall–Kier alpha value is -5.04. The SMILES string of the molecule is CC(C)(C)OC(=O)CC[C@H](NC(=O)c1cc(OC2CCCC2)nc(-c2ccccc2)n1)C(=O)N1CCN(OC(=O)Oc2ccccc2)CC1. The van der Waals surface area contributed by atoms with Crippen molar-refractivity contribution in [2.24, 2.45) is 0 Å². The molecule has 5 rings (SSSR count). The third-order valence-electron chi connectivity index (χ3n) is 7.92. The number of piperazine rings is 1. The Morgan fingerprint density at radius 3 is 2.20 bits per heavy atom. The van der Waals surface area contributed by atoms with E-state index in [1.165, 1.54) is 11.1 Å². The van der Waals surface area contributed by atoms with Gasteiger partial charge in [-0.25, -0.2) is 9.78 Å². The summed E-state index contributed by atoms with van der Waals surface area (Å²) in [7, 11) is 0. The summed E-state index contributed by atoms with van der Waals surface area (Å²) >= 11 is 0. The molecule has 2 heterocycles. The minimum atomic E-state index is -1.06. The monoisotopic (exact) mass is 673 g/mol. The number of nitrogens with zero attached hydrogens (tertiary/aromatic N) is 4. The minimum absolute atomic E-state index is 0.000399. The number of amides is 2. The summed E-state index contributed by atoms with van der Waals surface area (Å²) in [5.74, 6) is -0.534. The molecule has 1 aliphatic carbocycles. The molecule has 0 bridgehead atoms. The summed E-state index contributed by atoms with van der Waals surface area (Å²) in [5, 5.41) is 4.23.